The molecule has 1 heterocycles. The predicted molar refractivity (Wildman–Crippen MR) is 62.0 cm³/mol. The van der Waals surface area contributed by atoms with Crippen LogP contribution in [-0.4, -0.2) is 19.1 Å². The summed E-state index contributed by atoms with van der Waals surface area (Å²) < 4.78 is 0. The molecule has 1 rings (SSSR count). The van der Waals surface area contributed by atoms with E-state index >= 15 is 0 Å². The minimum Gasteiger partial charge on any atom is -0.362 e. The first-order chi connectivity index (χ1) is 6.32. The van der Waals surface area contributed by atoms with Crippen molar-refractivity contribution in [2.75, 3.05) is 19.0 Å². The van der Waals surface area contributed by atoms with E-state index in [2.05, 4.69) is 42.8 Å². The van der Waals surface area contributed by atoms with Gasteiger partial charge in [-0.3, -0.25) is 0 Å². The number of pyridine rings is 1. The molecule has 0 aliphatic carbocycles. The van der Waals surface area contributed by atoms with E-state index in [9.17, 15) is 0 Å². The number of aromatic nitrogens is 1. The second-order valence-corrected chi connectivity index (χ2v) is 4.97. The highest BCUT2D eigenvalue weighted by atomic mass is 15.1. The van der Waals surface area contributed by atoms with Crippen LogP contribution in [0.25, 0.3) is 0 Å². The highest BCUT2D eigenvalue weighted by Crippen LogP contribution is 2.29. The summed E-state index contributed by atoms with van der Waals surface area (Å²) in [5.74, 6) is 1.08. The summed E-state index contributed by atoms with van der Waals surface area (Å²) in [6, 6.07) is 4.26. The van der Waals surface area contributed by atoms with Crippen LogP contribution in [-0.2, 0) is 5.41 Å². The molecule has 0 atom stereocenters. The van der Waals surface area contributed by atoms with Crippen LogP contribution in [0.15, 0.2) is 12.1 Å². The van der Waals surface area contributed by atoms with Crippen LogP contribution >= 0.6 is 0 Å². The van der Waals surface area contributed by atoms with Gasteiger partial charge in [-0.2, -0.15) is 0 Å². The lowest BCUT2D eigenvalue weighted by Crippen LogP contribution is -2.20. The Hall–Kier alpha value is -1.05. The van der Waals surface area contributed by atoms with Gasteiger partial charge in [-0.25, -0.2) is 4.98 Å². The normalized spacial score (nSPS) is 11.6. The van der Waals surface area contributed by atoms with E-state index < -0.39 is 0 Å². The fourth-order valence-electron chi connectivity index (χ4n) is 1.47. The largest absolute Gasteiger partial charge is 0.362 e. The Labute approximate surface area is 87.0 Å². The monoisotopic (exact) mass is 192 g/mol. The van der Waals surface area contributed by atoms with Crippen molar-refractivity contribution in [3.63, 3.8) is 0 Å². The van der Waals surface area contributed by atoms with Crippen molar-refractivity contribution in [3.05, 3.63) is 23.4 Å². The van der Waals surface area contributed by atoms with Gasteiger partial charge in [-0.1, -0.05) is 26.8 Å². The SMILES string of the molecule is Cc1ccc(C(C)(C)C)c(N(C)C)n1. The molecule has 78 valence electrons. The molecule has 0 saturated heterocycles. The number of aryl methyl sites for hydroxylation is 1. The molecule has 0 amide bonds. The zero-order valence-corrected chi connectivity index (χ0v) is 10.0. The molecule has 0 spiro atoms. The van der Waals surface area contributed by atoms with E-state index in [1.165, 1.54) is 5.56 Å². The molecule has 1 aromatic heterocycles. The van der Waals surface area contributed by atoms with Gasteiger partial charge < -0.3 is 4.90 Å². The molecule has 0 bridgehead atoms. The zero-order chi connectivity index (χ0) is 10.9. The third kappa shape index (κ3) is 2.25. The summed E-state index contributed by atoms with van der Waals surface area (Å²) in [6.45, 7) is 8.67. The van der Waals surface area contributed by atoms with Crippen molar-refractivity contribution >= 4 is 5.82 Å². The van der Waals surface area contributed by atoms with Gasteiger partial charge in [0.25, 0.3) is 0 Å². The fraction of sp³-hybridized carbons (Fsp3) is 0.583. The Bertz CT molecular complexity index is 322. The van der Waals surface area contributed by atoms with Crippen LogP contribution < -0.4 is 4.90 Å². The minimum absolute atomic E-state index is 0.153. The first-order valence-corrected chi connectivity index (χ1v) is 4.98. The maximum absolute atomic E-state index is 4.57. The van der Waals surface area contributed by atoms with Gasteiger partial charge in [0, 0.05) is 25.4 Å². The maximum Gasteiger partial charge on any atom is 0.132 e. The Balaban J connectivity index is 3.29. The summed E-state index contributed by atoms with van der Waals surface area (Å²) in [7, 11) is 4.08. The first kappa shape index (κ1) is 11.0. The standard InChI is InChI=1S/C12H20N2/c1-9-7-8-10(12(2,3)4)11(13-9)14(5)6/h7-8H,1-6H3. The van der Waals surface area contributed by atoms with Gasteiger partial charge in [0.15, 0.2) is 0 Å². The molecule has 2 heteroatoms. The van der Waals surface area contributed by atoms with Crippen molar-refractivity contribution < 1.29 is 0 Å². The number of hydrogen-bond acceptors (Lipinski definition) is 2. The Kier molecular flexibility index (Phi) is 2.84. The molecule has 14 heavy (non-hydrogen) atoms. The van der Waals surface area contributed by atoms with Gasteiger partial charge in [-0.05, 0) is 18.4 Å². The molecule has 0 unspecified atom stereocenters. The van der Waals surface area contributed by atoms with Gasteiger partial charge in [0.2, 0.25) is 0 Å². The molecular formula is C12H20N2. The van der Waals surface area contributed by atoms with Gasteiger partial charge in [0.05, 0.1) is 0 Å². The molecule has 0 N–H and O–H groups in total. The maximum atomic E-state index is 4.57. The van der Waals surface area contributed by atoms with Crippen LogP contribution in [0.3, 0.4) is 0 Å². The lowest BCUT2D eigenvalue weighted by atomic mass is 9.87. The van der Waals surface area contributed by atoms with Crippen LogP contribution in [0.2, 0.25) is 0 Å². The van der Waals surface area contributed by atoms with E-state index in [1.807, 2.05) is 21.0 Å². The minimum atomic E-state index is 0.153. The van der Waals surface area contributed by atoms with Crippen molar-refractivity contribution in [1.82, 2.24) is 4.98 Å². The second-order valence-electron chi connectivity index (χ2n) is 4.97. The topological polar surface area (TPSA) is 16.1 Å². The van der Waals surface area contributed by atoms with Gasteiger partial charge >= 0.3 is 0 Å². The average molecular weight is 192 g/mol. The quantitative estimate of drug-likeness (QED) is 0.680. The summed E-state index contributed by atoms with van der Waals surface area (Å²) in [6.07, 6.45) is 0. The summed E-state index contributed by atoms with van der Waals surface area (Å²) in [4.78, 5) is 6.64. The van der Waals surface area contributed by atoms with Crippen LogP contribution in [0, 0.1) is 6.92 Å². The second kappa shape index (κ2) is 3.60. The Morgan fingerprint density at radius 3 is 2.14 bits per heavy atom. The summed E-state index contributed by atoms with van der Waals surface area (Å²) >= 11 is 0. The average Bonchev–Trinajstić information content (AvgIpc) is 2.01. The first-order valence-electron chi connectivity index (χ1n) is 4.98. The highest BCUT2D eigenvalue weighted by molar-refractivity contribution is 5.49. The third-order valence-electron chi connectivity index (χ3n) is 2.25. The van der Waals surface area contributed by atoms with E-state index in [0.29, 0.717) is 0 Å². The van der Waals surface area contributed by atoms with Crippen molar-refractivity contribution in [2.45, 2.75) is 33.1 Å². The molecule has 0 fully saturated rings. The van der Waals surface area contributed by atoms with Gasteiger partial charge in [0.1, 0.15) is 5.82 Å². The molecule has 0 aromatic carbocycles. The highest BCUT2D eigenvalue weighted by Gasteiger charge is 2.19. The van der Waals surface area contributed by atoms with E-state index in [4.69, 9.17) is 0 Å². The van der Waals surface area contributed by atoms with Crippen molar-refractivity contribution in [2.24, 2.45) is 0 Å². The fourth-order valence-corrected chi connectivity index (χ4v) is 1.47. The van der Waals surface area contributed by atoms with E-state index in [-0.39, 0.29) is 5.41 Å². The van der Waals surface area contributed by atoms with Crippen molar-refractivity contribution in [3.8, 4) is 0 Å². The van der Waals surface area contributed by atoms with Gasteiger partial charge in [-0.15, -0.1) is 0 Å². The summed E-state index contributed by atoms with van der Waals surface area (Å²) in [5, 5.41) is 0. The van der Waals surface area contributed by atoms with Crippen LogP contribution in [0.4, 0.5) is 5.82 Å². The van der Waals surface area contributed by atoms with E-state index in [0.717, 1.165) is 11.5 Å². The number of anilines is 1. The zero-order valence-electron chi connectivity index (χ0n) is 10.0. The molecule has 2 nitrogen and oxygen atoms in total. The number of nitrogens with zero attached hydrogens (tertiary/aromatic N) is 2. The number of rotatable bonds is 1. The van der Waals surface area contributed by atoms with Crippen molar-refractivity contribution in [1.29, 1.82) is 0 Å². The lowest BCUT2D eigenvalue weighted by Gasteiger charge is -2.25. The van der Waals surface area contributed by atoms with Crippen LogP contribution in [0.5, 0.6) is 0 Å². The van der Waals surface area contributed by atoms with E-state index in [1.54, 1.807) is 0 Å². The lowest BCUT2D eigenvalue weighted by molar-refractivity contribution is 0.586. The Morgan fingerprint density at radius 2 is 1.71 bits per heavy atom. The summed E-state index contributed by atoms with van der Waals surface area (Å²) in [5.41, 5.74) is 2.52. The smallest absolute Gasteiger partial charge is 0.132 e. The molecule has 1 aromatic rings. The molecule has 0 aliphatic rings. The molecule has 0 radical (unpaired) electrons. The Morgan fingerprint density at radius 1 is 1.14 bits per heavy atom. The predicted octanol–water partition coefficient (Wildman–Crippen LogP) is 2.75. The molecule has 0 saturated carbocycles. The molecular weight excluding hydrogens is 172 g/mol. The number of hydrogen-bond donors (Lipinski definition) is 0. The third-order valence-corrected chi connectivity index (χ3v) is 2.25. The van der Waals surface area contributed by atoms with Crippen LogP contribution in [0.1, 0.15) is 32.0 Å². The molecule has 0 aliphatic heterocycles.